The first kappa shape index (κ1) is 11.3. The molecule has 0 saturated carbocycles. The molecule has 0 unspecified atom stereocenters. The summed E-state index contributed by atoms with van der Waals surface area (Å²) in [6.07, 6.45) is -2.23. The molecular weight excluding hydrogens is 458 g/mol. The summed E-state index contributed by atoms with van der Waals surface area (Å²) >= 11 is 0. The van der Waals surface area contributed by atoms with Gasteiger partial charge in [-0.05, 0) is 42.7 Å². The van der Waals surface area contributed by atoms with Gasteiger partial charge in [0.15, 0.2) is 28.2 Å². The van der Waals surface area contributed by atoms with Crippen LogP contribution >= 0.6 is 0 Å². The van der Waals surface area contributed by atoms with Gasteiger partial charge >= 0.3 is 0 Å². The fourth-order valence-electron chi connectivity index (χ4n) is 2.36. The van der Waals surface area contributed by atoms with Crippen LogP contribution in [0.25, 0.3) is 11.4 Å². The van der Waals surface area contributed by atoms with Crippen molar-refractivity contribution in [1.82, 2.24) is 19.9 Å². The summed E-state index contributed by atoms with van der Waals surface area (Å²) in [5.74, 6) is -5.42. The molecular formula is C23H21N5O5S. The number of aromatic nitrogens is 4. The van der Waals surface area contributed by atoms with Gasteiger partial charge in [-0.2, -0.15) is 13.4 Å². The monoisotopic (exact) mass is 493 g/mol. The SMILES string of the molecule is [2H]c1nc([2H])c([2H])c(-c2nc(NS(=O)(=O)c3nc([2H])c(C)c([2H])c3[2H])c(Oc3c([2H])c([2H])c([2H])c([2H])c3OC([2H])([2H])[2H])c(OC)n2)c1[2H]. The number of hydrogen-bond donors (Lipinski definition) is 1. The molecule has 0 amide bonds. The van der Waals surface area contributed by atoms with E-state index in [0.717, 1.165) is 7.11 Å². The number of methoxy groups -OCH3 is 2. The normalized spacial score (nSPS) is 17.2. The lowest BCUT2D eigenvalue weighted by Gasteiger charge is -2.17. The van der Waals surface area contributed by atoms with E-state index in [-0.39, 0.29) is 5.56 Å². The molecule has 1 N–H and O–H groups in total. The van der Waals surface area contributed by atoms with Gasteiger partial charge in [0, 0.05) is 24.1 Å². The Hall–Kier alpha value is -4.25. The number of hydrogen-bond acceptors (Lipinski definition) is 9. The predicted molar refractivity (Wildman–Crippen MR) is 125 cm³/mol. The van der Waals surface area contributed by atoms with E-state index in [2.05, 4.69) is 19.9 Å². The number of ether oxygens (including phenoxy) is 3. The van der Waals surface area contributed by atoms with Gasteiger partial charge in [-0.1, -0.05) is 18.1 Å². The van der Waals surface area contributed by atoms with Crippen molar-refractivity contribution in [1.29, 1.82) is 0 Å². The molecule has 3 heterocycles. The number of para-hydroxylation sites is 2. The first-order valence-electron chi connectivity index (χ1n) is 16.0. The van der Waals surface area contributed by atoms with E-state index in [0.29, 0.717) is 0 Å². The molecule has 1 aromatic carbocycles. The quantitative estimate of drug-likeness (QED) is 0.389. The van der Waals surface area contributed by atoms with Crippen molar-refractivity contribution in [3.05, 3.63) is 72.4 Å². The van der Waals surface area contributed by atoms with Crippen LogP contribution in [0.4, 0.5) is 5.82 Å². The lowest BCUT2D eigenvalue weighted by Crippen LogP contribution is -2.17. The lowest BCUT2D eigenvalue weighted by molar-refractivity contribution is 0.348. The van der Waals surface area contributed by atoms with Gasteiger partial charge in [0.25, 0.3) is 15.9 Å². The van der Waals surface area contributed by atoms with Gasteiger partial charge in [0.2, 0.25) is 5.75 Å². The van der Waals surface area contributed by atoms with Crippen LogP contribution in [0.1, 0.15) is 24.8 Å². The molecule has 11 heteroatoms. The summed E-state index contributed by atoms with van der Waals surface area (Å²) < 4.78 is 156. The van der Waals surface area contributed by atoms with Crippen molar-refractivity contribution in [2.75, 3.05) is 18.9 Å². The molecule has 0 radical (unpaired) electrons. The molecule has 0 atom stereocenters. The van der Waals surface area contributed by atoms with Gasteiger partial charge < -0.3 is 14.2 Å². The maximum Gasteiger partial charge on any atom is 0.280 e. The van der Waals surface area contributed by atoms with Crippen molar-refractivity contribution < 1.29 is 41.8 Å². The van der Waals surface area contributed by atoms with Crippen LogP contribution in [-0.2, 0) is 10.0 Å². The fraction of sp³-hybridized carbons (Fsp3) is 0.130. The molecule has 4 rings (SSSR count). The minimum Gasteiger partial charge on any atom is -0.493 e. The van der Waals surface area contributed by atoms with E-state index < -0.39 is 129 Å². The van der Waals surface area contributed by atoms with E-state index in [1.165, 1.54) is 6.92 Å². The summed E-state index contributed by atoms with van der Waals surface area (Å²) in [5, 5.41) is -1.13. The highest BCUT2D eigenvalue weighted by Gasteiger charge is 2.25. The largest absolute Gasteiger partial charge is 0.493 e. The highest BCUT2D eigenvalue weighted by atomic mass is 32.2. The molecule has 34 heavy (non-hydrogen) atoms. The second-order valence-electron chi connectivity index (χ2n) is 6.07. The van der Waals surface area contributed by atoms with Crippen molar-refractivity contribution in [3.8, 4) is 34.5 Å². The fourth-order valence-corrected chi connectivity index (χ4v) is 3.20. The molecule has 3 aromatic heterocycles. The highest BCUT2D eigenvalue weighted by Crippen LogP contribution is 2.41. The smallest absolute Gasteiger partial charge is 0.280 e. The Morgan fingerprint density at radius 1 is 1.00 bits per heavy atom. The van der Waals surface area contributed by atoms with Gasteiger partial charge in [-0.15, -0.1) is 0 Å². The molecule has 0 aliphatic rings. The molecule has 4 aromatic rings. The first-order chi connectivity index (χ1) is 22.1. The molecule has 0 fully saturated rings. The molecule has 0 spiro atoms. The van der Waals surface area contributed by atoms with E-state index >= 15 is 0 Å². The second-order valence-corrected chi connectivity index (χ2v) is 7.66. The second kappa shape index (κ2) is 9.71. The minimum absolute atomic E-state index is 0.116. The zero-order chi connectivity index (χ0) is 36.2. The zero-order valence-electron chi connectivity index (χ0n) is 31.2. The van der Waals surface area contributed by atoms with Crippen LogP contribution in [0.5, 0.6) is 23.1 Å². The maximum atomic E-state index is 13.6. The third kappa shape index (κ3) is 4.89. The molecule has 0 bridgehead atoms. The van der Waals surface area contributed by atoms with Crippen LogP contribution < -0.4 is 18.9 Å². The van der Waals surface area contributed by atoms with E-state index in [9.17, 15) is 8.42 Å². The summed E-state index contributed by atoms with van der Waals surface area (Å²) in [6.45, 7) is 1.26. The van der Waals surface area contributed by atoms with Crippen LogP contribution in [0, 0.1) is 6.92 Å². The lowest BCUT2D eigenvalue weighted by atomic mass is 10.2. The van der Waals surface area contributed by atoms with Gasteiger partial charge in [0.1, 0.15) is 0 Å². The Bertz CT molecular complexity index is 2070. The summed E-state index contributed by atoms with van der Waals surface area (Å²) in [6, 6.07) is -6.97. The van der Waals surface area contributed by atoms with Gasteiger partial charge in [-0.25, -0.2) is 9.97 Å². The van der Waals surface area contributed by atoms with Crippen LogP contribution in [0.3, 0.4) is 0 Å². The Balaban J connectivity index is 2.09. The standard InChI is InChI=1S/C23H21N5O5S/c1-15-8-9-19(25-14-15)34(29,30)28-22-20(33-18-7-5-4-6-17(18)31-2)23(32-3)27-21(26-22)16-10-12-24-13-11-16/h4-14H,1-3H3,(H,26,27,28)/i2D3,4D,5D,6D,7D,8D,9D,10D,11D,12D,13D,14D. The van der Waals surface area contributed by atoms with Crippen molar-refractivity contribution in [3.63, 3.8) is 0 Å². The van der Waals surface area contributed by atoms with Crippen LogP contribution in [0.15, 0.2) is 71.9 Å². The Labute approximate surface area is 216 Å². The van der Waals surface area contributed by atoms with Crippen LogP contribution in [0.2, 0.25) is 0 Å². The summed E-state index contributed by atoms with van der Waals surface area (Å²) in [4.78, 5) is 15.0. The number of anilines is 1. The molecule has 0 aliphatic carbocycles. The average molecular weight is 494 g/mol. The Morgan fingerprint density at radius 3 is 2.50 bits per heavy atom. The maximum absolute atomic E-state index is 13.6. The molecule has 0 saturated heterocycles. The number of sulfonamides is 1. The van der Waals surface area contributed by atoms with Gasteiger partial charge in [-0.3, -0.25) is 9.71 Å². The predicted octanol–water partition coefficient (Wildman–Crippen LogP) is 3.85. The Morgan fingerprint density at radius 2 is 1.76 bits per heavy atom. The summed E-state index contributed by atoms with van der Waals surface area (Å²) in [5.41, 5.74) is -0.718. The molecule has 174 valence electrons. The number of pyridine rings is 2. The zero-order valence-corrected chi connectivity index (χ0v) is 18.1. The first-order valence-corrected chi connectivity index (χ1v) is 10.4. The minimum atomic E-state index is -5.12. The number of nitrogens with zero attached hydrogens (tertiary/aromatic N) is 4. The third-order valence-electron chi connectivity index (χ3n) is 3.82. The van der Waals surface area contributed by atoms with Crippen LogP contribution in [-0.4, -0.2) is 42.5 Å². The van der Waals surface area contributed by atoms with Crippen molar-refractivity contribution in [2.45, 2.75) is 11.9 Å². The summed E-state index contributed by atoms with van der Waals surface area (Å²) in [7, 11) is -7.43. The Kier molecular flexibility index (Phi) is 3.21. The average Bonchev–Trinajstić information content (AvgIpc) is 3.00. The van der Waals surface area contributed by atoms with E-state index in [1.807, 2.05) is 4.72 Å². The topological polar surface area (TPSA) is 125 Å². The van der Waals surface area contributed by atoms with Crippen molar-refractivity contribution >= 4 is 15.8 Å². The molecule has 0 aliphatic heterocycles. The number of benzene rings is 1. The third-order valence-corrected chi connectivity index (χ3v) is 4.98. The van der Waals surface area contributed by atoms with E-state index in [1.54, 1.807) is 0 Å². The van der Waals surface area contributed by atoms with E-state index in [4.69, 9.17) is 33.4 Å². The highest BCUT2D eigenvalue weighted by molar-refractivity contribution is 7.92. The molecule has 10 nitrogen and oxygen atoms in total. The van der Waals surface area contributed by atoms with Gasteiger partial charge in [0.05, 0.1) is 33.3 Å². The number of nitrogens with one attached hydrogen (secondary N) is 1. The number of rotatable bonds is 8. The van der Waals surface area contributed by atoms with Crippen molar-refractivity contribution in [2.24, 2.45) is 0 Å².